The van der Waals surface area contributed by atoms with Crippen molar-refractivity contribution >= 4 is 5.82 Å². The summed E-state index contributed by atoms with van der Waals surface area (Å²) in [7, 11) is 0. The van der Waals surface area contributed by atoms with E-state index in [2.05, 4.69) is 16.9 Å². The van der Waals surface area contributed by atoms with Crippen molar-refractivity contribution in [2.75, 3.05) is 24.6 Å². The molecule has 0 spiro atoms. The number of anilines is 1. The predicted octanol–water partition coefficient (Wildman–Crippen LogP) is 2.51. The number of piperidine rings is 1. The standard InChI is InChI=1S/C20H27N3O3/c1-3-8-20(13-24)9-10-23(12-17(20)26)18-11-14(2)21-19(22-18)15-6-4-5-7-16(15)25/h4-7,11,17,24-26H,3,8-10,12-13H2,1-2H3/t17-,20+/m0/s1. The number of hydrogen-bond acceptors (Lipinski definition) is 6. The first kappa shape index (κ1) is 18.6. The minimum absolute atomic E-state index is 0.00177. The Balaban J connectivity index is 1.88. The lowest BCUT2D eigenvalue weighted by Gasteiger charge is -2.45. The number of aliphatic hydroxyl groups is 2. The molecule has 2 aromatic rings. The van der Waals surface area contributed by atoms with Crippen molar-refractivity contribution in [3.8, 4) is 17.1 Å². The van der Waals surface area contributed by atoms with Crippen molar-refractivity contribution in [3.05, 3.63) is 36.0 Å². The van der Waals surface area contributed by atoms with E-state index in [9.17, 15) is 15.3 Å². The summed E-state index contributed by atoms with van der Waals surface area (Å²) in [5.74, 6) is 1.35. The van der Waals surface area contributed by atoms with Crippen LogP contribution in [-0.4, -0.2) is 51.1 Å². The second-order valence-electron chi connectivity index (χ2n) is 7.19. The summed E-state index contributed by atoms with van der Waals surface area (Å²) in [6.07, 6.45) is 1.85. The molecule has 2 atom stereocenters. The zero-order valence-electron chi connectivity index (χ0n) is 15.4. The van der Waals surface area contributed by atoms with Crippen LogP contribution in [-0.2, 0) is 0 Å². The molecule has 6 nitrogen and oxygen atoms in total. The third-order valence-electron chi connectivity index (χ3n) is 5.35. The Hall–Kier alpha value is -2.18. The Labute approximate surface area is 154 Å². The van der Waals surface area contributed by atoms with Crippen LogP contribution in [0.2, 0.25) is 0 Å². The molecule has 140 valence electrons. The lowest BCUT2D eigenvalue weighted by atomic mass is 9.73. The largest absolute Gasteiger partial charge is 0.507 e. The lowest BCUT2D eigenvalue weighted by Crippen LogP contribution is -2.53. The van der Waals surface area contributed by atoms with E-state index < -0.39 is 11.5 Å². The maximum absolute atomic E-state index is 10.7. The maximum atomic E-state index is 10.7. The molecule has 0 radical (unpaired) electrons. The van der Waals surface area contributed by atoms with Crippen molar-refractivity contribution in [1.29, 1.82) is 0 Å². The number of aromatic nitrogens is 2. The number of benzene rings is 1. The van der Waals surface area contributed by atoms with Gasteiger partial charge in [-0.15, -0.1) is 0 Å². The van der Waals surface area contributed by atoms with E-state index >= 15 is 0 Å². The van der Waals surface area contributed by atoms with Crippen LogP contribution in [0.25, 0.3) is 11.4 Å². The first-order chi connectivity index (χ1) is 12.5. The summed E-state index contributed by atoms with van der Waals surface area (Å²) in [6.45, 7) is 5.11. The Morgan fingerprint density at radius 2 is 2.04 bits per heavy atom. The highest BCUT2D eigenvalue weighted by atomic mass is 16.3. The summed E-state index contributed by atoms with van der Waals surface area (Å²) in [5, 5.41) is 30.6. The van der Waals surface area contributed by atoms with E-state index in [-0.39, 0.29) is 12.4 Å². The molecule has 0 saturated carbocycles. The Morgan fingerprint density at radius 1 is 1.27 bits per heavy atom. The quantitative estimate of drug-likeness (QED) is 0.762. The lowest BCUT2D eigenvalue weighted by molar-refractivity contribution is -0.0372. The summed E-state index contributed by atoms with van der Waals surface area (Å²) in [5.41, 5.74) is 0.967. The van der Waals surface area contributed by atoms with Gasteiger partial charge in [-0.25, -0.2) is 9.97 Å². The van der Waals surface area contributed by atoms with Crippen LogP contribution in [0.5, 0.6) is 5.75 Å². The number of para-hydroxylation sites is 1. The third-order valence-corrected chi connectivity index (χ3v) is 5.35. The predicted molar refractivity (Wildman–Crippen MR) is 101 cm³/mol. The number of β-amino-alcohol motifs (C(OH)–C–C–N with tert-alkyl or cyclic N) is 1. The average molecular weight is 357 g/mol. The smallest absolute Gasteiger partial charge is 0.165 e. The van der Waals surface area contributed by atoms with Crippen LogP contribution in [0, 0.1) is 12.3 Å². The minimum Gasteiger partial charge on any atom is -0.507 e. The summed E-state index contributed by atoms with van der Waals surface area (Å²) >= 11 is 0. The van der Waals surface area contributed by atoms with Crippen molar-refractivity contribution in [2.24, 2.45) is 5.41 Å². The van der Waals surface area contributed by atoms with E-state index in [0.29, 0.717) is 30.9 Å². The average Bonchev–Trinajstić information content (AvgIpc) is 2.63. The minimum atomic E-state index is -0.606. The summed E-state index contributed by atoms with van der Waals surface area (Å²) in [6, 6.07) is 8.90. The number of phenolic OH excluding ortho intramolecular Hbond substituents is 1. The monoisotopic (exact) mass is 357 g/mol. The molecule has 6 heteroatoms. The molecule has 0 amide bonds. The molecule has 1 aliphatic heterocycles. The number of aryl methyl sites for hydroxylation is 1. The number of aliphatic hydroxyl groups excluding tert-OH is 2. The highest BCUT2D eigenvalue weighted by Gasteiger charge is 2.41. The molecule has 3 N–H and O–H groups in total. The second kappa shape index (κ2) is 7.60. The Morgan fingerprint density at radius 3 is 2.69 bits per heavy atom. The zero-order chi connectivity index (χ0) is 18.7. The van der Waals surface area contributed by atoms with Gasteiger partial charge in [0, 0.05) is 30.3 Å². The van der Waals surface area contributed by atoms with Crippen molar-refractivity contribution in [2.45, 2.75) is 39.2 Å². The zero-order valence-corrected chi connectivity index (χ0v) is 15.4. The molecule has 3 rings (SSSR count). The molecule has 1 saturated heterocycles. The normalized spacial score (nSPS) is 23.2. The summed E-state index contributed by atoms with van der Waals surface area (Å²) in [4.78, 5) is 11.1. The number of phenols is 1. The van der Waals surface area contributed by atoms with Crippen LogP contribution in [0.4, 0.5) is 5.82 Å². The molecule has 1 fully saturated rings. The fourth-order valence-corrected chi connectivity index (χ4v) is 3.78. The Kier molecular flexibility index (Phi) is 5.44. The van der Waals surface area contributed by atoms with Crippen LogP contribution in [0.3, 0.4) is 0 Å². The molecule has 1 aromatic heterocycles. The highest BCUT2D eigenvalue weighted by molar-refractivity contribution is 5.65. The van der Waals surface area contributed by atoms with Gasteiger partial charge >= 0.3 is 0 Å². The van der Waals surface area contributed by atoms with Gasteiger partial charge in [-0.05, 0) is 31.9 Å². The maximum Gasteiger partial charge on any atom is 0.165 e. The molecule has 1 aliphatic rings. The fraction of sp³-hybridized carbons (Fsp3) is 0.500. The van der Waals surface area contributed by atoms with Gasteiger partial charge in [0.2, 0.25) is 0 Å². The molecule has 26 heavy (non-hydrogen) atoms. The Bertz CT molecular complexity index is 768. The SMILES string of the molecule is CCC[C@]1(CO)CCN(c2cc(C)nc(-c3ccccc3O)n2)C[C@@H]1O. The number of aromatic hydroxyl groups is 1. The van der Waals surface area contributed by atoms with E-state index in [1.807, 2.05) is 24.0 Å². The van der Waals surface area contributed by atoms with Crippen molar-refractivity contribution < 1.29 is 15.3 Å². The van der Waals surface area contributed by atoms with Gasteiger partial charge < -0.3 is 20.2 Å². The first-order valence-corrected chi connectivity index (χ1v) is 9.17. The number of hydrogen-bond donors (Lipinski definition) is 3. The summed E-state index contributed by atoms with van der Waals surface area (Å²) < 4.78 is 0. The van der Waals surface area contributed by atoms with Gasteiger partial charge in [-0.2, -0.15) is 0 Å². The van der Waals surface area contributed by atoms with Gasteiger partial charge in [-0.1, -0.05) is 25.5 Å². The van der Waals surface area contributed by atoms with Gasteiger partial charge in [0.25, 0.3) is 0 Å². The van der Waals surface area contributed by atoms with Crippen LogP contribution in [0.15, 0.2) is 30.3 Å². The van der Waals surface area contributed by atoms with Crippen molar-refractivity contribution in [3.63, 3.8) is 0 Å². The molecule has 1 aromatic carbocycles. The van der Waals surface area contributed by atoms with Gasteiger partial charge in [0.15, 0.2) is 5.82 Å². The molecule has 0 bridgehead atoms. The van der Waals surface area contributed by atoms with E-state index in [0.717, 1.165) is 24.4 Å². The van der Waals surface area contributed by atoms with Crippen molar-refractivity contribution in [1.82, 2.24) is 9.97 Å². The number of nitrogens with zero attached hydrogens (tertiary/aromatic N) is 3. The van der Waals surface area contributed by atoms with Gasteiger partial charge in [0.1, 0.15) is 11.6 Å². The first-order valence-electron chi connectivity index (χ1n) is 9.17. The van der Waals surface area contributed by atoms with Crippen LogP contribution < -0.4 is 4.90 Å². The van der Waals surface area contributed by atoms with Gasteiger partial charge in [-0.3, -0.25) is 0 Å². The molecule has 2 heterocycles. The highest BCUT2D eigenvalue weighted by Crippen LogP contribution is 2.37. The fourth-order valence-electron chi connectivity index (χ4n) is 3.78. The van der Waals surface area contributed by atoms with Crippen LogP contribution in [0.1, 0.15) is 31.9 Å². The van der Waals surface area contributed by atoms with E-state index in [1.54, 1.807) is 18.2 Å². The molecule has 0 unspecified atom stereocenters. The van der Waals surface area contributed by atoms with Gasteiger partial charge in [0.05, 0.1) is 18.3 Å². The molecule has 0 aliphatic carbocycles. The van der Waals surface area contributed by atoms with E-state index in [4.69, 9.17) is 0 Å². The van der Waals surface area contributed by atoms with Crippen LogP contribution >= 0.6 is 0 Å². The third kappa shape index (κ3) is 3.52. The molecular formula is C20H27N3O3. The second-order valence-corrected chi connectivity index (χ2v) is 7.19. The molecular weight excluding hydrogens is 330 g/mol. The number of rotatable bonds is 5. The van der Waals surface area contributed by atoms with E-state index in [1.165, 1.54) is 0 Å². The topological polar surface area (TPSA) is 89.7 Å².